The standard InChI is InChI=1S/C24H31Cl2N3O5S/c1-5-6-14-27-24(31)17(2)28(15-18-10-12-19(34-3)13-11-18)22(30)16-29(35(4,32)33)21-9-7-8-20(25)23(21)26/h7-13,17H,5-6,14-16H2,1-4H3,(H,27,31)/t17-/m1/s1. The van der Waals surface area contributed by atoms with E-state index in [1.807, 2.05) is 6.92 Å². The minimum Gasteiger partial charge on any atom is -0.497 e. The molecule has 2 aromatic rings. The number of hydrogen-bond donors (Lipinski definition) is 1. The Kier molecular flexibility index (Phi) is 10.7. The van der Waals surface area contributed by atoms with E-state index < -0.39 is 28.5 Å². The first-order valence-electron chi connectivity index (χ1n) is 11.1. The van der Waals surface area contributed by atoms with Gasteiger partial charge in [0.25, 0.3) is 0 Å². The highest BCUT2D eigenvalue weighted by Gasteiger charge is 2.31. The normalized spacial score (nSPS) is 12.1. The van der Waals surface area contributed by atoms with Crippen LogP contribution in [0.2, 0.25) is 10.0 Å². The number of nitrogens with zero attached hydrogens (tertiary/aromatic N) is 2. The number of hydrogen-bond acceptors (Lipinski definition) is 5. The van der Waals surface area contributed by atoms with Crippen molar-refractivity contribution in [2.45, 2.75) is 39.3 Å². The minimum atomic E-state index is -3.91. The molecule has 1 N–H and O–H groups in total. The minimum absolute atomic E-state index is 0.0134. The summed E-state index contributed by atoms with van der Waals surface area (Å²) in [6.07, 6.45) is 2.69. The lowest BCUT2D eigenvalue weighted by Crippen LogP contribution is -2.51. The molecule has 2 amide bonds. The summed E-state index contributed by atoms with van der Waals surface area (Å²) in [6, 6.07) is 10.7. The maximum Gasteiger partial charge on any atom is 0.244 e. The zero-order valence-electron chi connectivity index (χ0n) is 20.3. The molecule has 1 atom stereocenters. The van der Waals surface area contributed by atoms with Gasteiger partial charge in [0.05, 0.1) is 29.1 Å². The fourth-order valence-corrected chi connectivity index (χ4v) is 4.63. The van der Waals surface area contributed by atoms with E-state index in [1.54, 1.807) is 44.4 Å². The summed E-state index contributed by atoms with van der Waals surface area (Å²) in [7, 11) is -2.36. The van der Waals surface area contributed by atoms with Crippen molar-refractivity contribution in [3.63, 3.8) is 0 Å². The molecule has 0 saturated carbocycles. The first-order chi connectivity index (χ1) is 16.5. The molecule has 8 nitrogen and oxygen atoms in total. The Hall–Kier alpha value is -2.49. The van der Waals surface area contributed by atoms with Gasteiger partial charge in [-0.05, 0) is 43.2 Å². The average Bonchev–Trinajstić information content (AvgIpc) is 2.82. The summed E-state index contributed by atoms with van der Waals surface area (Å²) < 4.78 is 31.3. The van der Waals surface area contributed by atoms with E-state index >= 15 is 0 Å². The van der Waals surface area contributed by atoms with Gasteiger partial charge >= 0.3 is 0 Å². The third-order valence-electron chi connectivity index (χ3n) is 5.39. The Morgan fingerprint density at radius 3 is 2.34 bits per heavy atom. The van der Waals surface area contributed by atoms with Crippen LogP contribution in [0.25, 0.3) is 0 Å². The third kappa shape index (κ3) is 8.02. The molecule has 2 rings (SSSR count). The number of nitrogens with one attached hydrogen (secondary N) is 1. The molecule has 0 unspecified atom stereocenters. The first kappa shape index (κ1) is 28.7. The Morgan fingerprint density at radius 1 is 1.11 bits per heavy atom. The Balaban J connectivity index is 2.38. The number of rotatable bonds is 12. The largest absolute Gasteiger partial charge is 0.497 e. The van der Waals surface area contributed by atoms with Gasteiger partial charge in [-0.2, -0.15) is 0 Å². The molecular formula is C24H31Cl2N3O5S. The first-order valence-corrected chi connectivity index (χ1v) is 13.7. The number of carbonyl (C=O) groups is 2. The molecule has 0 radical (unpaired) electrons. The molecule has 0 bridgehead atoms. The van der Waals surface area contributed by atoms with Crippen molar-refractivity contribution < 1.29 is 22.7 Å². The lowest BCUT2D eigenvalue weighted by atomic mass is 10.1. The predicted octanol–water partition coefficient (Wildman–Crippen LogP) is 4.10. The second-order valence-corrected chi connectivity index (χ2v) is 10.7. The Morgan fingerprint density at radius 2 is 1.77 bits per heavy atom. The molecule has 0 saturated heterocycles. The van der Waals surface area contributed by atoms with Gasteiger partial charge in [0.2, 0.25) is 21.8 Å². The van der Waals surface area contributed by atoms with E-state index in [0.717, 1.165) is 29.0 Å². The van der Waals surface area contributed by atoms with Crippen molar-refractivity contribution in [3.05, 3.63) is 58.1 Å². The summed E-state index contributed by atoms with van der Waals surface area (Å²) in [5.74, 6) is -0.247. The molecule has 0 aliphatic heterocycles. The van der Waals surface area contributed by atoms with Crippen molar-refractivity contribution in [2.24, 2.45) is 0 Å². The van der Waals surface area contributed by atoms with Gasteiger partial charge in [-0.3, -0.25) is 13.9 Å². The number of amides is 2. The molecule has 35 heavy (non-hydrogen) atoms. The van der Waals surface area contributed by atoms with Crippen LogP contribution in [0.5, 0.6) is 5.75 Å². The molecule has 0 aliphatic rings. The van der Waals surface area contributed by atoms with Gasteiger partial charge in [0, 0.05) is 13.1 Å². The van der Waals surface area contributed by atoms with E-state index in [0.29, 0.717) is 12.3 Å². The SMILES string of the molecule is CCCCNC(=O)[C@@H](C)N(Cc1ccc(OC)cc1)C(=O)CN(c1cccc(Cl)c1Cl)S(C)(=O)=O. The van der Waals surface area contributed by atoms with Gasteiger partial charge < -0.3 is 15.0 Å². The fraction of sp³-hybridized carbons (Fsp3) is 0.417. The molecule has 11 heteroatoms. The molecule has 2 aromatic carbocycles. The number of benzene rings is 2. The van der Waals surface area contributed by atoms with Crippen LogP contribution in [0.4, 0.5) is 5.69 Å². The van der Waals surface area contributed by atoms with E-state index in [9.17, 15) is 18.0 Å². The highest BCUT2D eigenvalue weighted by Crippen LogP contribution is 2.33. The summed E-state index contributed by atoms with van der Waals surface area (Å²) in [5.41, 5.74) is 0.832. The topological polar surface area (TPSA) is 96.0 Å². The van der Waals surface area contributed by atoms with Gasteiger partial charge in [-0.1, -0.05) is 54.7 Å². The van der Waals surface area contributed by atoms with Crippen LogP contribution in [0, 0.1) is 0 Å². The van der Waals surface area contributed by atoms with Gasteiger partial charge in [-0.15, -0.1) is 0 Å². The Bertz CT molecular complexity index is 1130. The highest BCUT2D eigenvalue weighted by molar-refractivity contribution is 7.92. The maximum atomic E-state index is 13.5. The van der Waals surface area contributed by atoms with Crippen LogP contribution >= 0.6 is 23.2 Å². The smallest absolute Gasteiger partial charge is 0.244 e. The van der Waals surface area contributed by atoms with Gasteiger partial charge in [0.15, 0.2) is 0 Å². The zero-order valence-corrected chi connectivity index (χ0v) is 22.6. The number of ether oxygens (including phenoxy) is 1. The monoisotopic (exact) mass is 543 g/mol. The van der Waals surface area contributed by atoms with E-state index in [1.165, 1.54) is 17.0 Å². The van der Waals surface area contributed by atoms with Crippen LogP contribution in [0.15, 0.2) is 42.5 Å². The summed E-state index contributed by atoms with van der Waals surface area (Å²) >= 11 is 12.3. The van der Waals surface area contributed by atoms with Crippen LogP contribution in [-0.2, 0) is 26.2 Å². The van der Waals surface area contributed by atoms with Crippen LogP contribution in [-0.4, -0.2) is 57.6 Å². The van der Waals surface area contributed by atoms with Gasteiger partial charge in [0.1, 0.15) is 18.3 Å². The molecule has 192 valence electrons. The zero-order chi connectivity index (χ0) is 26.2. The summed E-state index contributed by atoms with van der Waals surface area (Å²) in [6.45, 7) is 3.64. The van der Waals surface area contributed by atoms with Crippen molar-refractivity contribution in [3.8, 4) is 5.75 Å². The molecule has 0 heterocycles. The number of carbonyl (C=O) groups excluding carboxylic acids is 2. The molecule has 0 aromatic heterocycles. The van der Waals surface area contributed by atoms with Crippen LogP contribution in [0.1, 0.15) is 32.3 Å². The lowest BCUT2D eigenvalue weighted by molar-refractivity contribution is -0.139. The van der Waals surface area contributed by atoms with Crippen molar-refractivity contribution in [1.82, 2.24) is 10.2 Å². The van der Waals surface area contributed by atoms with Crippen LogP contribution < -0.4 is 14.4 Å². The summed E-state index contributed by atoms with van der Waals surface area (Å²) in [5, 5.41) is 3.00. The van der Waals surface area contributed by atoms with E-state index in [-0.39, 0.29) is 28.2 Å². The molecule has 0 fully saturated rings. The highest BCUT2D eigenvalue weighted by atomic mass is 35.5. The molecular weight excluding hydrogens is 513 g/mol. The quantitative estimate of drug-likeness (QED) is 0.406. The second kappa shape index (κ2) is 13.0. The third-order valence-corrected chi connectivity index (χ3v) is 7.32. The average molecular weight is 545 g/mol. The van der Waals surface area contributed by atoms with Crippen LogP contribution in [0.3, 0.4) is 0 Å². The van der Waals surface area contributed by atoms with E-state index in [4.69, 9.17) is 27.9 Å². The lowest BCUT2D eigenvalue weighted by Gasteiger charge is -2.31. The molecule has 0 aliphatic carbocycles. The second-order valence-electron chi connectivity index (χ2n) is 8.03. The number of anilines is 1. The van der Waals surface area contributed by atoms with Crippen molar-refractivity contribution in [2.75, 3.05) is 30.8 Å². The summed E-state index contributed by atoms with van der Waals surface area (Å²) in [4.78, 5) is 27.7. The Labute approximate surface area is 217 Å². The van der Waals surface area contributed by atoms with Gasteiger partial charge in [-0.25, -0.2) is 8.42 Å². The molecule has 0 spiro atoms. The number of methoxy groups -OCH3 is 1. The van der Waals surface area contributed by atoms with Crippen molar-refractivity contribution >= 4 is 50.7 Å². The number of unbranched alkanes of at least 4 members (excludes halogenated alkanes) is 1. The predicted molar refractivity (Wildman–Crippen MR) is 140 cm³/mol. The maximum absolute atomic E-state index is 13.5. The fourth-order valence-electron chi connectivity index (χ4n) is 3.33. The number of sulfonamides is 1. The van der Waals surface area contributed by atoms with E-state index in [2.05, 4.69) is 5.32 Å². The van der Waals surface area contributed by atoms with Crippen molar-refractivity contribution in [1.29, 1.82) is 0 Å². The number of halogens is 2.